The lowest BCUT2D eigenvalue weighted by molar-refractivity contribution is -0.305. The fourth-order valence-electron chi connectivity index (χ4n) is 8.97. The van der Waals surface area contributed by atoms with E-state index < -0.39 is 67.4 Å². The van der Waals surface area contributed by atoms with E-state index in [1.807, 2.05) is 6.08 Å². The summed E-state index contributed by atoms with van der Waals surface area (Å²) in [5.41, 5.74) is 0. The Bertz CT molecular complexity index is 1540. The lowest BCUT2D eigenvalue weighted by Gasteiger charge is -2.41. The Morgan fingerprint density at radius 3 is 1.47 bits per heavy atom. The molecule has 1 saturated heterocycles. The van der Waals surface area contributed by atoms with E-state index >= 15 is 0 Å². The predicted octanol–water partition coefficient (Wildman–Crippen LogP) is 14.2. The molecule has 8 atom stereocenters. The van der Waals surface area contributed by atoms with Gasteiger partial charge in [0, 0.05) is 6.42 Å². The van der Waals surface area contributed by atoms with Crippen molar-refractivity contribution in [2.24, 2.45) is 0 Å². The molecule has 6 N–H and O–H groups in total. The number of allylic oxidation sites excluding steroid dienone is 13. The van der Waals surface area contributed by atoms with Crippen molar-refractivity contribution in [3.05, 3.63) is 85.1 Å². The van der Waals surface area contributed by atoms with Gasteiger partial charge in [0.25, 0.3) is 0 Å². The number of nitrogens with one attached hydrogen (secondary N) is 1. The number of ether oxygens (including phenoxy) is 3. The van der Waals surface area contributed by atoms with Crippen molar-refractivity contribution in [1.82, 2.24) is 5.32 Å². The summed E-state index contributed by atoms with van der Waals surface area (Å²) in [5, 5.41) is 56.9. The quantitative estimate of drug-likeness (QED) is 0.0195. The number of rotatable bonds is 50. The first-order valence-corrected chi connectivity index (χ1v) is 30.4. The van der Waals surface area contributed by atoms with E-state index in [9.17, 15) is 35.1 Å². The topological polar surface area (TPSA) is 175 Å². The van der Waals surface area contributed by atoms with E-state index in [0.29, 0.717) is 12.8 Å². The Morgan fingerprint density at radius 2 is 0.960 bits per heavy atom. The number of unbranched alkanes of at least 4 members (excludes halogenated alkanes) is 24. The number of carbonyl (C=O) groups excluding carboxylic acids is 2. The highest BCUT2D eigenvalue weighted by atomic mass is 16.7. The summed E-state index contributed by atoms with van der Waals surface area (Å²) >= 11 is 0. The van der Waals surface area contributed by atoms with Gasteiger partial charge in [0.2, 0.25) is 5.91 Å². The van der Waals surface area contributed by atoms with Gasteiger partial charge in [0.15, 0.2) is 12.4 Å². The molecule has 0 saturated carbocycles. The van der Waals surface area contributed by atoms with Crippen molar-refractivity contribution < 1.29 is 49.3 Å². The van der Waals surface area contributed by atoms with Crippen LogP contribution in [0.25, 0.3) is 0 Å². The Kier molecular flexibility index (Phi) is 48.0. The van der Waals surface area contributed by atoms with Gasteiger partial charge < -0.3 is 45.1 Å². The number of carbonyl (C=O) groups is 2. The number of amides is 1. The molecule has 0 aromatic heterocycles. The molecular formula is C64H111NO10. The van der Waals surface area contributed by atoms with Crippen molar-refractivity contribution in [1.29, 1.82) is 0 Å². The van der Waals surface area contributed by atoms with Crippen LogP contribution in [0.3, 0.4) is 0 Å². The summed E-state index contributed by atoms with van der Waals surface area (Å²) in [6, 6.07) is -1.04. The molecule has 0 aromatic rings. The number of hydrogen-bond acceptors (Lipinski definition) is 10. The van der Waals surface area contributed by atoms with Crippen molar-refractivity contribution >= 4 is 11.9 Å². The van der Waals surface area contributed by atoms with Crippen molar-refractivity contribution in [2.45, 2.75) is 294 Å². The highest BCUT2D eigenvalue weighted by Crippen LogP contribution is 2.26. The first kappa shape index (κ1) is 69.9. The number of aliphatic hydroxyl groups is 5. The van der Waals surface area contributed by atoms with Crippen LogP contribution in [0.2, 0.25) is 0 Å². The van der Waals surface area contributed by atoms with Gasteiger partial charge in [-0.1, -0.05) is 228 Å². The van der Waals surface area contributed by atoms with Crippen LogP contribution in [0, 0.1) is 0 Å². The van der Waals surface area contributed by atoms with Crippen molar-refractivity contribution in [2.75, 3.05) is 13.2 Å². The Labute approximate surface area is 457 Å². The average Bonchev–Trinajstić information content (AvgIpc) is 3.41. The highest BCUT2D eigenvalue weighted by Gasteiger charge is 2.47. The average molecular weight is 1050 g/mol. The maximum Gasteiger partial charge on any atom is 0.306 e. The van der Waals surface area contributed by atoms with Crippen LogP contribution in [-0.2, 0) is 23.8 Å². The molecule has 0 spiro atoms. The second-order valence-electron chi connectivity index (χ2n) is 20.7. The third-order valence-corrected chi connectivity index (χ3v) is 13.8. The van der Waals surface area contributed by atoms with Gasteiger partial charge in [-0.3, -0.25) is 9.59 Å². The second-order valence-corrected chi connectivity index (χ2v) is 20.7. The van der Waals surface area contributed by atoms with Crippen molar-refractivity contribution in [3.63, 3.8) is 0 Å². The molecule has 1 aliphatic rings. The van der Waals surface area contributed by atoms with E-state index in [2.05, 4.69) is 99.0 Å². The molecule has 1 rings (SSSR count). The number of esters is 1. The lowest BCUT2D eigenvalue weighted by atomic mass is 9.99. The first-order chi connectivity index (χ1) is 36.7. The summed E-state index contributed by atoms with van der Waals surface area (Å²) < 4.78 is 17.6. The molecule has 75 heavy (non-hydrogen) atoms. The second kappa shape index (κ2) is 51.6. The van der Waals surface area contributed by atoms with Gasteiger partial charge in [0.1, 0.15) is 24.4 Å². The van der Waals surface area contributed by atoms with Crippen LogP contribution in [0.5, 0.6) is 0 Å². The summed E-state index contributed by atoms with van der Waals surface area (Å²) in [6.07, 6.45) is 56.1. The minimum absolute atomic E-state index is 0.0806. The smallest absolute Gasteiger partial charge is 0.306 e. The van der Waals surface area contributed by atoms with Gasteiger partial charge >= 0.3 is 5.97 Å². The lowest BCUT2D eigenvalue weighted by Crippen LogP contribution is -2.61. The van der Waals surface area contributed by atoms with Gasteiger partial charge in [-0.25, -0.2) is 0 Å². The molecule has 1 fully saturated rings. The van der Waals surface area contributed by atoms with Crippen LogP contribution in [-0.4, -0.2) is 99.6 Å². The van der Waals surface area contributed by atoms with Crippen LogP contribution in [0.4, 0.5) is 0 Å². The summed E-state index contributed by atoms with van der Waals surface area (Å²) in [4.78, 5) is 26.5. The number of aliphatic hydroxyl groups excluding tert-OH is 5. The predicted molar refractivity (Wildman–Crippen MR) is 310 cm³/mol. The minimum atomic E-state index is -1.63. The van der Waals surface area contributed by atoms with Crippen LogP contribution >= 0.6 is 0 Å². The normalized spacial score (nSPS) is 19.8. The molecule has 1 amide bonds. The van der Waals surface area contributed by atoms with E-state index in [0.717, 1.165) is 103 Å². The third-order valence-electron chi connectivity index (χ3n) is 13.8. The molecule has 8 unspecified atom stereocenters. The minimum Gasteiger partial charge on any atom is -0.454 e. The number of hydrogen-bond donors (Lipinski definition) is 6. The molecular weight excluding hydrogens is 943 g/mol. The van der Waals surface area contributed by atoms with E-state index in [-0.39, 0.29) is 19.4 Å². The molecule has 11 nitrogen and oxygen atoms in total. The Balaban J connectivity index is 2.73. The maximum atomic E-state index is 13.4. The summed E-state index contributed by atoms with van der Waals surface area (Å²) in [6.45, 7) is 5.64. The van der Waals surface area contributed by atoms with E-state index in [1.165, 1.54) is 96.3 Å². The zero-order valence-corrected chi connectivity index (χ0v) is 47.6. The molecule has 0 aliphatic carbocycles. The van der Waals surface area contributed by atoms with E-state index in [1.54, 1.807) is 6.08 Å². The molecule has 1 heterocycles. The molecule has 0 bridgehead atoms. The van der Waals surface area contributed by atoms with Crippen LogP contribution in [0.15, 0.2) is 85.1 Å². The van der Waals surface area contributed by atoms with Gasteiger partial charge in [-0.15, -0.1) is 0 Å². The summed E-state index contributed by atoms with van der Waals surface area (Å²) in [5.74, 6) is -1.24. The Hall–Kier alpha value is -3.16. The molecule has 0 radical (unpaired) electrons. The Morgan fingerprint density at radius 1 is 0.533 bits per heavy atom. The third kappa shape index (κ3) is 39.8. The van der Waals surface area contributed by atoms with Gasteiger partial charge in [-0.2, -0.15) is 0 Å². The zero-order valence-electron chi connectivity index (χ0n) is 47.6. The maximum absolute atomic E-state index is 13.4. The largest absolute Gasteiger partial charge is 0.454 e. The monoisotopic (exact) mass is 1050 g/mol. The van der Waals surface area contributed by atoms with Crippen molar-refractivity contribution in [3.8, 4) is 0 Å². The van der Waals surface area contributed by atoms with Gasteiger partial charge in [-0.05, 0) is 96.3 Å². The van der Waals surface area contributed by atoms with Crippen LogP contribution in [0.1, 0.15) is 245 Å². The first-order valence-electron chi connectivity index (χ1n) is 30.4. The SMILES string of the molecule is CC/C=C\C/C=C\C/C=C\C/C=C\C/C=C\CCCCCC(=O)OC1C(OCC(NC(=O)C(O)CCCCCCCC/C=C\CCCCCC)C(O)/C=C/CCCCCCCCCCCCC)OC(CO)C(O)C1O. The molecule has 432 valence electrons. The van der Waals surface area contributed by atoms with E-state index in [4.69, 9.17) is 14.2 Å². The zero-order chi connectivity index (χ0) is 54.7. The standard InChI is InChI=1S/C64H111NO10/c1-4-7-10-13-16-19-22-25-27-28-29-30-31-34-37-40-43-46-49-52-59(69)75-62-61(71)60(70)58(53-66)74-64(62)73-54-55(56(67)50-47-44-41-38-35-32-24-21-18-15-12-9-6-3)65-63(72)57(68)51-48-45-42-39-36-33-26-23-20-17-14-11-8-5-2/h7,10,16,19-20,23,25,27,29-30,34,37,47,50,55-58,60-62,64,66-68,70-71H,4-6,8-9,11-15,17-18,21-22,24,26,28,31-33,35-36,38-46,48-49,51-54H2,1-3H3,(H,65,72)/b10-7-,19-16-,23-20-,27-25-,30-29-,37-34-,50-47+. The fraction of sp³-hybridized carbons (Fsp3) is 0.750. The van der Waals surface area contributed by atoms with Gasteiger partial charge in [0.05, 0.1) is 25.4 Å². The highest BCUT2D eigenvalue weighted by molar-refractivity contribution is 5.80. The van der Waals surface area contributed by atoms with Crippen LogP contribution < -0.4 is 5.32 Å². The summed E-state index contributed by atoms with van der Waals surface area (Å²) in [7, 11) is 0. The fourth-order valence-corrected chi connectivity index (χ4v) is 8.97. The molecule has 0 aromatic carbocycles. The molecule has 11 heteroatoms. The molecule has 1 aliphatic heterocycles.